The van der Waals surface area contributed by atoms with Crippen LogP contribution in [0.2, 0.25) is 0 Å². The first-order valence-electron chi connectivity index (χ1n) is 12.3. The van der Waals surface area contributed by atoms with Crippen LogP contribution in [-0.4, -0.2) is 59.0 Å². The Morgan fingerprint density at radius 1 is 1.20 bits per heavy atom. The van der Waals surface area contributed by atoms with Crippen LogP contribution in [0.4, 0.5) is 5.82 Å². The van der Waals surface area contributed by atoms with Crippen molar-refractivity contribution in [2.45, 2.75) is 44.6 Å². The topological polar surface area (TPSA) is 138 Å². The molecule has 9 nitrogen and oxygen atoms in total. The third kappa shape index (κ3) is 6.16. The molecule has 0 radical (unpaired) electrons. The number of pyridine rings is 1. The number of nitrogens with one attached hydrogen (secondary N) is 2. The van der Waals surface area contributed by atoms with Gasteiger partial charge >= 0.3 is 5.97 Å². The number of fused-ring (bicyclic) bond motifs is 1. The van der Waals surface area contributed by atoms with Crippen LogP contribution in [0.3, 0.4) is 0 Å². The van der Waals surface area contributed by atoms with Crippen LogP contribution < -0.4 is 16.4 Å². The third-order valence-corrected chi connectivity index (χ3v) is 6.85. The number of likely N-dealkylation sites (tertiary alicyclic amines) is 1. The number of nitrogens with two attached hydrogens (primary N) is 1. The number of nitrogens with zero attached hydrogens (tertiary/aromatic N) is 2. The largest absolute Gasteiger partial charge is 0.480 e. The molecule has 1 fully saturated rings. The minimum Gasteiger partial charge on any atom is -0.480 e. The van der Waals surface area contributed by atoms with Gasteiger partial charge in [0.1, 0.15) is 11.9 Å². The summed E-state index contributed by atoms with van der Waals surface area (Å²) in [5.74, 6) is -0.701. The van der Waals surface area contributed by atoms with Crippen LogP contribution in [0.15, 0.2) is 36.4 Å². The standard InChI is InChI=1S/C26H33N5O4/c27-23(32)20-5-1-4-19(16-20)22(26(34)35)31-14-10-18(11-15-31)25(33)29-13-3-7-21-9-8-17-6-2-12-28-24(17)30-21/h1,4-5,8-9,16,18,22H,2-3,6-7,10-15H2,(H2,27,32)(H,28,30)(H,29,33)(H,34,35). The van der Waals surface area contributed by atoms with Gasteiger partial charge in [0.25, 0.3) is 0 Å². The first-order valence-corrected chi connectivity index (χ1v) is 12.3. The van der Waals surface area contributed by atoms with Gasteiger partial charge < -0.3 is 21.5 Å². The van der Waals surface area contributed by atoms with Crippen molar-refractivity contribution >= 4 is 23.6 Å². The third-order valence-electron chi connectivity index (χ3n) is 6.85. The molecule has 3 heterocycles. The number of hydrogen-bond acceptors (Lipinski definition) is 6. The van der Waals surface area contributed by atoms with E-state index in [2.05, 4.69) is 22.8 Å². The first kappa shape index (κ1) is 24.7. The second-order valence-corrected chi connectivity index (χ2v) is 9.28. The van der Waals surface area contributed by atoms with E-state index in [-0.39, 0.29) is 17.4 Å². The first-order chi connectivity index (χ1) is 16.9. The number of hydrogen-bond donors (Lipinski definition) is 4. The van der Waals surface area contributed by atoms with Crippen LogP contribution in [0.1, 0.15) is 58.9 Å². The molecule has 2 aromatic rings. The summed E-state index contributed by atoms with van der Waals surface area (Å²) in [4.78, 5) is 42.7. The molecule has 1 aromatic carbocycles. The smallest absolute Gasteiger partial charge is 0.325 e. The van der Waals surface area contributed by atoms with Gasteiger partial charge in [0, 0.05) is 43.4 Å². The second kappa shape index (κ2) is 11.3. The van der Waals surface area contributed by atoms with Gasteiger partial charge in [0.05, 0.1) is 0 Å². The molecule has 186 valence electrons. The van der Waals surface area contributed by atoms with Crippen LogP contribution in [0, 0.1) is 5.92 Å². The number of carbonyl (C=O) groups excluding carboxylic acids is 2. The molecule has 1 atom stereocenters. The Bertz CT molecular complexity index is 1080. The lowest BCUT2D eigenvalue weighted by molar-refractivity contribution is -0.144. The van der Waals surface area contributed by atoms with E-state index in [4.69, 9.17) is 10.7 Å². The maximum Gasteiger partial charge on any atom is 0.325 e. The number of carboxylic acid groups (broad SMARTS) is 1. The number of rotatable bonds is 9. The molecule has 5 N–H and O–H groups in total. The highest BCUT2D eigenvalue weighted by atomic mass is 16.4. The fourth-order valence-corrected chi connectivity index (χ4v) is 4.92. The highest BCUT2D eigenvalue weighted by Gasteiger charge is 2.33. The summed E-state index contributed by atoms with van der Waals surface area (Å²) in [6.07, 6.45) is 4.99. The normalized spacial score (nSPS) is 17.1. The summed E-state index contributed by atoms with van der Waals surface area (Å²) in [7, 11) is 0. The predicted molar refractivity (Wildman–Crippen MR) is 132 cm³/mol. The van der Waals surface area contributed by atoms with E-state index < -0.39 is 17.9 Å². The van der Waals surface area contributed by atoms with E-state index >= 15 is 0 Å². The molecular weight excluding hydrogens is 446 g/mol. The number of benzene rings is 1. The zero-order chi connectivity index (χ0) is 24.8. The van der Waals surface area contributed by atoms with Crippen molar-refractivity contribution in [3.05, 3.63) is 58.8 Å². The van der Waals surface area contributed by atoms with Gasteiger partial charge in [-0.2, -0.15) is 0 Å². The molecule has 4 rings (SSSR count). The van der Waals surface area contributed by atoms with Crippen molar-refractivity contribution in [3.63, 3.8) is 0 Å². The van der Waals surface area contributed by atoms with Crippen LogP contribution in [-0.2, 0) is 22.4 Å². The van der Waals surface area contributed by atoms with E-state index in [1.54, 1.807) is 18.2 Å². The van der Waals surface area contributed by atoms with Gasteiger partial charge in [-0.15, -0.1) is 0 Å². The molecule has 1 aromatic heterocycles. The Hall–Kier alpha value is -3.46. The lowest BCUT2D eigenvalue weighted by atomic mass is 9.93. The Morgan fingerprint density at radius 2 is 2.00 bits per heavy atom. The summed E-state index contributed by atoms with van der Waals surface area (Å²) in [5, 5.41) is 16.2. The number of aliphatic carboxylic acids is 1. The lowest BCUT2D eigenvalue weighted by Crippen LogP contribution is -2.44. The van der Waals surface area contributed by atoms with Gasteiger partial charge in [-0.1, -0.05) is 18.2 Å². The summed E-state index contributed by atoms with van der Waals surface area (Å²) in [6.45, 7) is 2.53. The predicted octanol–water partition coefficient (Wildman–Crippen LogP) is 2.13. The summed E-state index contributed by atoms with van der Waals surface area (Å²) < 4.78 is 0. The van der Waals surface area contributed by atoms with E-state index in [1.165, 1.54) is 11.6 Å². The summed E-state index contributed by atoms with van der Waals surface area (Å²) >= 11 is 0. The zero-order valence-electron chi connectivity index (χ0n) is 19.8. The molecular formula is C26H33N5O4. The Kier molecular flexibility index (Phi) is 7.97. The number of primary amides is 1. The number of anilines is 1. The Labute approximate surface area is 205 Å². The molecule has 35 heavy (non-hydrogen) atoms. The fourth-order valence-electron chi connectivity index (χ4n) is 4.92. The summed E-state index contributed by atoms with van der Waals surface area (Å²) in [5.41, 5.74) is 8.44. The number of aromatic nitrogens is 1. The van der Waals surface area contributed by atoms with Crippen LogP contribution >= 0.6 is 0 Å². The molecule has 0 saturated carbocycles. The molecule has 2 aliphatic rings. The Morgan fingerprint density at radius 3 is 2.74 bits per heavy atom. The molecule has 1 unspecified atom stereocenters. The van der Waals surface area contributed by atoms with Crippen LogP contribution in [0.5, 0.6) is 0 Å². The van der Waals surface area contributed by atoms with E-state index in [9.17, 15) is 19.5 Å². The van der Waals surface area contributed by atoms with Crippen molar-refractivity contribution in [2.75, 3.05) is 31.5 Å². The second-order valence-electron chi connectivity index (χ2n) is 9.28. The molecule has 0 aliphatic carbocycles. The highest BCUT2D eigenvalue weighted by molar-refractivity contribution is 5.93. The maximum atomic E-state index is 12.7. The van der Waals surface area contributed by atoms with E-state index in [0.29, 0.717) is 38.0 Å². The van der Waals surface area contributed by atoms with E-state index in [1.807, 2.05) is 4.90 Å². The maximum absolute atomic E-state index is 12.7. The van der Waals surface area contributed by atoms with E-state index in [0.717, 1.165) is 43.7 Å². The van der Waals surface area contributed by atoms with Crippen molar-refractivity contribution in [3.8, 4) is 0 Å². The highest BCUT2D eigenvalue weighted by Crippen LogP contribution is 2.28. The minimum atomic E-state index is -0.986. The minimum absolute atomic E-state index is 0.0207. The average Bonchev–Trinajstić information content (AvgIpc) is 2.87. The van der Waals surface area contributed by atoms with Crippen molar-refractivity contribution < 1.29 is 19.5 Å². The molecule has 0 bridgehead atoms. The van der Waals surface area contributed by atoms with Crippen molar-refractivity contribution in [1.82, 2.24) is 15.2 Å². The molecule has 2 aliphatic heterocycles. The fraction of sp³-hybridized carbons (Fsp3) is 0.462. The average molecular weight is 480 g/mol. The van der Waals surface area contributed by atoms with Gasteiger partial charge in [0.15, 0.2) is 0 Å². The monoisotopic (exact) mass is 479 g/mol. The van der Waals surface area contributed by atoms with Crippen LogP contribution in [0.25, 0.3) is 0 Å². The number of aryl methyl sites for hydroxylation is 2. The number of amides is 2. The van der Waals surface area contributed by atoms with Gasteiger partial charge in [-0.05, 0) is 67.9 Å². The van der Waals surface area contributed by atoms with Gasteiger partial charge in [-0.3, -0.25) is 19.3 Å². The number of carbonyl (C=O) groups is 3. The van der Waals surface area contributed by atoms with Gasteiger partial charge in [0.2, 0.25) is 11.8 Å². The Balaban J connectivity index is 1.24. The van der Waals surface area contributed by atoms with Crippen molar-refractivity contribution in [2.24, 2.45) is 11.7 Å². The lowest BCUT2D eigenvalue weighted by Gasteiger charge is -2.35. The summed E-state index contributed by atoms with van der Waals surface area (Å²) in [6, 6.07) is 9.77. The quantitative estimate of drug-likeness (QED) is 0.404. The molecule has 2 amide bonds. The number of piperidine rings is 1. The molecule has 0 spiro atoms. The molecule has 9 heteroatoms. The van der Waals surface area contributed by atoms with Gasteiger partial charge in [-0.25, -0.2) is 4.98 Å². The zero-order valence-corrected chi connectivity index (χ0v) is 19.8. The SMILES string of the molecule is NC(=O)c1cccc(C(C(=O)O)N2CCC(C(=O)NCCCc3ccc4c(n3)NCCC4)CC2)c1. The number of carboxylic acids is 1. The molecule has 1 saturated heterocycles. The van der Waals surface area contributed by atoms with Crippen molar-refractivity contribution in [1.29, 1.82) is 0 Å².